The van der Waals surface area contributed by atoms with Crippen molar-refractivity contribution in [1.82, 2.24) is 4.90 Å². The van der Waals surface area contributed by atoms with E-state index in [0.29, 0.717) is 16.4 Å². The highest BCUT2D eigenvalue weighted by atomic mass is 35.5. The van der Waals surface area contributed by atoms with Gasteiger partial charge in [-0.05, 0) is 49.2 Å². The molecule has 6 nitrogen and oxygen atoms in total. The van der Waals surface area contributed by atoms with Crippen LogP contribution in [0.2, 0.25) is 5.02 Å². The van der Waals surface area contributed by atoms with Crippen LogP contribution in [0.5, 0.6) is 0 Å². The largest absolute Gasteiger partial charge is 0.398 e. The first-order valence-electron chi connectivity index (χ1n) is 9.42. The van der Waals surface area contributed by atoms with Crippen molar-refractivity contribution in [2.75, 3.05) is 42.1 Å². The van der Waals surface area contributed by atoms with Crippen LogP contribution in [0.3, 0.4) is 0 Å². The summed E-state index contributed by atoms with van der Waals surface area (Å²) < 4.78 is 0. The number of anilines is 3. The number of hydrogen-bond donors (Lipinski definition) is 2. The molecule has 0 aliphatic carbocycles. The van der Waals surface area contributed by atoms with E-state index in [-0.39, 0.29) is 5.57 Å². The number of aryl methyl sites for hydroxylation is 1. The number of nitrogens with one attached hydrogen (secondary N) is 1. The van der Waals surface area contributed by atoms with Crippen LogP contribution in [-0.2, 0) is 4.79 Å². The van der Waals surface area contributed by atoms with Crippen molar-refractivity contribution < 1.29 is 4.79 Å². The van der Waals surface area contributed by atoms with Crippen LogP contribution in [-0.4, -0.2) is 37.0 Å². The molecule has 1 fully saturated rings. The highest BCUT2D eigenvalue weighted by molar-refractivity contribution is 6.33. The Bertz CT molecular complexity index is 987. The summed E-state index contributed by atoms with van der Waals surface area (Å²) in [4.78, 5) is 16.8. The van der Waals surface area contributed by atoms with Gasteiger partial charge >= 0.3 is 0 Å². The Hall–Kier alpha value is -3.17. The fourth-order valence-electron chi connectivity index (χ4n) is 3.29. The molecule has 1 amide bonds. The molecule has 29 heavy (non-hydrogen) atoms. The minimum absolute atomic E-state index is 0.0538. The second-order valence-electron chi connectivity index (χ2n) is 7.09. The minimum atomic E-state index is -0.467. The molecule has 0 spiro atoms. The molecule has 0 radical (unpaired) electrons. The van der Waals surface area contributed by atoms with Gasteiger partial charge in [0.25, 0.3) is 5.91 Å². The van der Waals surface area contributed by atoms with Gasteiger partial charge in [0.05, 0.1) is 10.7 Å². The lowest BCUT2D eigenvalue weighted by atomic mass is 10.1. The number of rotatable bonds is 4. The number of carbonyl (C=O) groups excluding carboxylic acids is 1. The van der Waals surface area contributed by atoms with E-state index in [1.807, 2.05) is 11.0 Å². The van der Waals surface area contributed by atoms with Crippen molar-refractivity contribution in [1.29, 1.82) is 5.26 Å². The molecule has 7 heteroatoms. The van der Waals surface area contributed by atoms with Gasteiger partial charge < -0.3 is 20.9 Å². The zero-order valence-corrected chi connectivity index (χ0v) is 17.3. The summed E-state index contributed by atoms with van der Waals surface area (Å²) in [6.07, 6.45) is 1.63. The van der Waals surface area contributed by atoms with E-state index < -0.39 is 5.91 Å². The summed E-state index contributed by atoms with van der Waals surface area (Å²) in [5, 5.41) is 12.5. The first kappa shape index (κ1) is 20.6. The summed E-state index contributed by atoms with van der Waals surface area (Å²) in [6.45, 7) is 7.38. The first-order valence-corrected chi connectivity index (χ1v) is 9.80. The number of nitrogen functional groups attached to an aromatic ring is 1. The van der Waals surface area contributed by atoms with Crippen LogP contribution in [0.15, 0.2) is 48.2 Å². The average molecular weight is 410 g/mol. The van der Waals surface area contributed by atoms with E-state index in [4.69, 9.17) is 17.3 Å². The van der Waals surface area contributed by atoms with Crippen molar-refractivity contribution in [3.8, 4) is 6.07 Å². The molecular weight excluding hydrogens is 386 g/mol. The average Bonchev–Trinajstić information content (AvgIpc) is 2.71. The predicted molar refractivity (Wildman–Crippen MR) is 118 cm³/mol. The van der Waals surface area contributed by atoms with Crippen molar-refractivity contribution in [2.24, 2.45) is 0 Å². The van der Waals surface area contributed by atoms with Crippen molar-refractivity contribution in [3.05, 3.63) is 64.3 Å². The summed E-state index contributed by atoms with van der Waals surface area (Å²) in [5.74, 6) is -0.467. The van der Waals surface area contributed by atoms with Crippen molar-refractivity contribution in [2.45, 2.75) is 13.8 Å². The van der Waals surface area contributed by atoms with Gasteiger partial charge in [-0.15, -0.1) is 0 Å². The number of amides is 1. The van der Waals surface area contributed by atoms with Gasteiger partial charge in [0, 0.05) is 43.8 Å². The quantitative estimate of drug-likeness (QED) is 0.456. The normalized spacial score (nSPS) is 14.5. The van der Waals surface area contributed by atoms with Crippen LogP contribution >= 0.6 is 11.6 Å². The maximum atomic E-state index is 12.5. The number of piperazine rings is 1. The predicted octanol–water partition coefficient (Wildman–Crippen LogP) is 3.71. The summed E-state index contributed by atoms with van der Waals surface area (Å²) in [5.41, 5.74) is 10.5. The number of benzene rings is 2. The molecule has 2 aromatic carbocycles. The lowest BCUT2D eigenvalue weighted by Gasteiger charge is -2.36. The number of nitrogens with two attached hydrogens (primary N) is 1. The second kappa shape index (κ2) is 8.89. The van der Waals surface area contributed by atoms with Gasteiger partial charge in [0.2, 0.25) is 0 Å². The standard InChI is InChI=1S/C22H24ClN5O/c1-15-4-3-5-21(16(15)2)28-10-8-27(9-11-28)14-17(13-24)22(29)26-18-6-7-20(25)19(23)12-18/h3-7,12,14H,8-11,25H2,1-2H3,(H,26,29)/b17-14-. The molecule has 0 atom stereocenters. The third kappa shape index (κ3) is 4.82. The zero-order valence-electron chi connectivity index (χ0n) is 16.6. The molecule has 1 saturated heterocycles. The van der Waals surface area contributed by atoms with E-state index in [0.717, 1.165) is 26.2 Å². The molecule has 3 N–H and O–H groups in total. The Balaban J connectivity index is 1.64. The van der Waals surface area contributed by atoms with Gasteiger partial charge in [-0.3, -0.25) is 4.79 Å². The Morgan fingerprint density at radius 2 is 1.93 bits per heavy atom. The van der Waals surface area contributed by atoms with Gasteiger partial charge in [-0.1, -0.05) is 23.7 Å². The van der Waals surface area contributed by atoms with Crippen LogP contribution in [0, 0.1) is 25.2 Å². The fourth-order valence-corrected chi connectivity index (χ4v) is 3.47. The Morgan fingerprint density at radius 1 is 1.21 bits per heavy atom. The monoisotopic (exact) mass is 409 g/mol. The molecule has 0 unspecified atom stereocenters. The number of halogens is 1. The highest BCUT2D eigenvalue weighted by Gasteiger charge is 2.19. The molecule has 2 aromatic rings. The molecule has 0 saturated carbocycles. The molecule has 1 heterocycles. The Labute approximate surface area is 176 Å². The Morgan fingerprint density at radius 3 is 2.59 bits per heavy atom. The lowest BCUT2D eigenvalue weighted by Crippen LogP contribution is -2.44. The van der Waals surface area contributed by atoms with E-state index in [2.05, 4.69) is 42.3 Å². The topological polar surface area (TPSA) is 85.4 Å². The van der Waals surface area contributed by atoms with Crippen molar-refractivity contribution in [3.63, 3.8) is 0 Å². The van der Waals surface area contributed by atoms with Gasteiger partial charge in [-0.25, -0.2) is 0 Å². The minimum Gasteiger partial charge on any atom is -0.398 e. The van der Waals surface area contributed by atoms with Crippen LogP contribution in [0.25, 0.3) is 0 Å². The van der Waals surface area contributed by atoms with Crippen molar-refractivity contribution >= 4 is 34.6 Å². The fraction of sp³-hybridized carbons (Fsp3) is 0.273. The molecule has 0 aromatic heterocycles. The molecule has 3 rings (SSSR count). The second-order valence-corrected chi connectivity index (χ2v) is 7.49. The molecule has 1 aliphatic rings. The lowest BCUT2D eigenvalue weighted by molar-refractivity contribution is -0.112. The number of carbonyl (C=O) groups is 1. The third-order valence-corrected chi connectivity index (χ3v) is 5.49. The molecular formula is C22H24ClN5O. The maximum absolute atomic E-state index is 12.5. The van der Waals surface area contributed by atoms with E-state index >= 15 is 0 Å². The SMILES string of the molecule is Cc1cccc(N2CCN(/C=C(/C#N)C(=O)Nc3ccc(N)c(Cl)c3)CC2)c1C. The summed E-state index contributed by atoms with van der Waals surface area (Å²) >= 11 is 5.98. The number of nitrogens with zero attached hydrogens (tertiary/aromatic N) is 3. The summed E-state index contributed by atoms with van der Waals surface area (Å²) in [7, 11) is 0. The van der Waals surface area contributed by atoms with E-state index in [9.17, 15) is 10.1 Å². The van der Waals surface area contributed by atoms with E-state index in [1.54, 1.807) is 24.4 Å². The zero-order chi connectivity index (χ0) is 21.0. The Kier molecular flexibility index (Phi) is 6.30. The first-order chi connectivity index (χ1) is 13.9. The molecule has 1 aliphatic heterocycles. The summed E-state index contributed by atoms with van der Waals surface area (Å²) in [6, 6.07) is 13.1. The number of nitriles is 1. The van der Waals surface area contributed by atoms with Crippen LogP contribution in [0.4, 0.5) is 17.1 Å². The van der Waals surface area contributed by atoms with Gasteiger partial charge in [-0.2, -0.15) is 5.26 Å². The maximum Gasteiger partial charge on any atom is 0.267 e. The number of hydrogen-bond acceptors (Lipinski definition) is 5. The van der Waals surface area contributed by atoms with Gasteiger partial charge in [0.1, 0.15) is 11.6 Å². The van der Waals surface area contributed by atoms with E-state index in [1.165, 1.54) is 16.8 Å². The van der Waals surface area contributed by atoms with Crippen LogP contribution in [0.1, 0.15) is 11.1 Å². The molecule has 0 bridgehead atoms. The van der Waals surface area contributed by atoms with Gasteiger partial charge in [0.15, 0.2) is 0 Å². The highest BCUT2D eigenvalue weighted by Crippen LogP contribution is 2.25. The smallest absolute Gasteiger partial charge is 0.267 e. The molecule has 150 valence electrons. The third-order valence-electron chi connectivity index (χ3n) is 5.17. The van der Waals surface area contributed by atoms with Crippen LogP contribution < -0.4 is 16.0 Å².